The van der Waals surface area contributed by atoms with Gasteiger partial charge in [-0.2, -0.15) is 4.98 Å². The molecule has 1 amide bonds. The van der Waals surface area contributed by atoms with E-state index in [4.69, 9.17) is 31.2 Å². The number of amides is 1. The Morgan fingerprint density at radius 2 is 1.84 bits per heavy atom. The maximum Gasteiger partial charge on any atom is 0.255 e. The molecule has 1 aliphatic rings. The number of aromatic nitrogens is 3. The van der Waals surface area contributed by atoms with Crippen LogP contribution in [0.15, 0.2) is 84.1 Å². The number of anilines is 2. The quantitative estimate of drug-likeness (QED) is 0.317. The van der Waals surface area contributed by atoms with E-state index < -0.39 is 6.04 Å². The second kappa shape index (κ2) is 10.4. The molecule has 5 rings (SSSR count). The first-order valence-corrected chi connectivity index (χ1v) is 12.2. The number of allylic oxidation sites excluding steroid dienone is 1. The average molecular weight is 516 g/mol. The number of ether oxygens (including phenoxy) is 2. The van der Waals surface area contributed by atoms with Crippen LogP contribution in [0.1, 0.15) is 25.5 Å². The third-order valence-electron chi connectivity index (χ3n) is 6.03. The van der Waals surface area contributed by atoms with E-state index in [1.165, 1.54) is 0 Å². The van der Waals surface area contributed by atoms with Gasteiger partial charge in [-0.25, -0.2) is 4.68 Å². The van der Waals surface area contributed by atoms with Crippen LogP contribution in [0.3, 0.4) is 0 Å². The highest BCUT2D eigenvalue weighted by atomic mass is 35.5. The molecule has 37 heavy (non-hydrogen) atoms. The number of methoxy groups -OCH3 is 1. The lowest BCUT2D eigenvalue weighted by Crippen LogP contribution is -2.31. The molecule has 188 valence electrons. The van der Waals surface area contributed by atoms with Crippen molar-refractivity contribution in [3.63, 3.8) is 0 Å². The number of hydrogen-bond acceptors (Lipinski definition) is 6. The van der Waals surface area contributed by atoms with Crippen molar-refractivity contribution in [2.75, 3.05) is 24.4 Å². The highest BCUT2D eigenvalue weighted by Crippen LogP contribution is 2.40. The molecule has 1 aliphatic heterocycles. The van der Waals surface area contributed by atoms with Crippen molar-refractivity contribution in [1.82, 2.24) is 14.8 Å². The van der Waals surface area contributed by atoms with Crippen molar-refractivity contribution >= 4 is 29.1 Å². The minimum Gasteiger partial charge on any atom is -0.493 e. The molecule has 8 nitrogen and oxygen atoms in total. The molecular weight excluding hydrogens is 490 g/mol. The minimum atomic E-state index is -0.571. The first kappa shape index (κ1) is 24.4. The molecule has 0 spiro atoms. The van der Waals surface area contributed by atoms with Crippen LogP contribution in [-0.2, 0) is 4.79 Å². The molecule has 0 bridgehead atoms. The van der Waals surface area contributed by atoms with Crippen LogP contribution >= 0.6 is 11.6 Å². The highest BCUT2D eigenvalue weighted by Gasteiger charge is 2.35. The Balaban J connectivity index is 1.62. The predicted molar refractivity (Wildman–Crippen MR) is 144 cm³/mol. The molecule has 0 saturated carbocycles. The van der Waals surface area contributed by atoms with E-state index in [1.807, 2.05) is 74.5 Å². The summed E-state index contributed by atoms with van der Waals surface area (Å²) in [6, 6.07) is 21.7. The van der Waals surface area contributed by atoms with Crippen molar-refractivity contribution in [3.05, 3.63) is 94.7 Å². The fourth-order valence-electron chi connectivity index (χ4n) is 4.32. The summed E-state index contributed by atoms with van der Waals surface area (Å²) in [5.41, 5.74) is 3.49. The Morgan fingerprint density at radius 3 is 2.54 bits per heavy atom. The zero-order chi connectivity index (χ0) is 25.9. The van der Waals surface area contributed by atoms with Crippen LogP contribution in [0.4, 0.5) is 11.6 Å². The number of para-hydroxylation sites is 1. The van der Waals surface area contributed by atoms with E-state index >= 15 is 0 Å². The molecule has 0 fully saturated rings. The molecule has 0 saturated heterocycles. The molecule has 3 aromatic carbocycles. The van der Waals surface area contributed by atoms with E-state index in [0.29, 0.717) is 51.9 Å². The monoisotopic (exact) mass is 515 g/mol. The van der Waals surface area contributed by atoms with Crippen molar-refractivity contribution in [2.45, 2.75) is 19.9 Å². The maximum absolute atomic E-state index is 13.7. The van der Waals surface area contributed by atoms with E-state index in [2.05, 4.69) is 10.6 Å². The number of nitrogens with zero attached hydrogens (tertiary/aromatic N) is 3. The second-order valence-corrected chi connectivity index (χ2v) is 8.88. The molecular formula is C28H26ClN5O3. The van der Waals surface area contributed by atoms with Gasteiger partial charge in [0.1, 0.15) is 6.04 Å². The smallest absolute Gasteiger partial charge is 0.255 e. The van der Waals surface area contributed by atoms with Crippen molar-refractivity contribution in [3.8, 4) is 22.9 Å². The van der Waals surface area contributed by atoms with E-state index in [1.54, 1.807) is 23.9 Å². The van der Waals surface area contributed by atoms with Gasteiger partial charge in [-0.3, -0.25) is 4.79 Å². The Bertz CT molecular complexity index is 1470. The van der Waals surface area contributed by atoms with Crippen LogP contribution in [-0.4, -0.2) is 34.4 Å². The van der Waals surface area contributed by atoms with E-state index in [-0.39, 0.29) is 5.91 Å². The molecule has 2 N–H and O–H groups in total. The largest absolute Gasteiger partial charge is 0.493 e. The fraction of sp³-hybridized carbons (Fsp3) is 0.179. The van der Waals surface area contributed by atoms with Gasteiger partial charge >= 0.3 is 0 Å². The molecule has 1 aromatic heterocycles. The number of halogens is 1. The number of rotatable bonds is 7. The van der Waals surface area contributed by atoms with Gasteiger partial charge in [0, 0.05) is 22.0 Å². The Hall–Kier alpha value is -4.30. The molecule has 1 atom stereocenters. The lowest BCUT2D eigenvalue weighted by atomic mass is 9.94. The van der Waals surface area contributed by atoms with Crippen LogP contribution < -0.4 is 20.1 Å². The minimum absolute atomic E-state index is 0.247. The molecule has 1 unspecified atom stereocenters. The number of hydrogen-bond donors (Lipinski definition) is 2. The van der Waals surface area contributed by atoms with Gasteiger partial charge in [0.05, 0.1) is 19.3 Å². The van der Waals surface area contributed by atoms with Gasteiger partial charge in [-0.15, -0.1) is 5.10 Å². The number of benzene rings is 3. The maximum atomic E-state index is 13.7. The van der Waals surface area contributed by atoms with Gasteiger partial charge in [-0.1, -0.05) is 35.9 Å². The van der Waals surface area contributed by atoms with Crippen molar-refractivity contribution < 1.29 is 14.3 Å². The Kier molecular flexibility index (Phi) is 6.83. The molecule has 4 aromatic rings. The number of fused-ring (bicyclic) bond motifs is 1. The van der Waals surface area contributed by atoms with Gasteiger partial charge in [0.25, 0.3) is 5.91 Å². The number of nitrogens with one attached hydrogen (secondary N) is 2. The summed E-state index contributed by atoms with van der Waals surface area (Å²) in [5, 5.41) is 11.7. The van der Waals surface area contributed by atoms with Gasteiger partial charge in [0.2, 0.25) is 5.95 Å². The first-order valence-electron chi connectivity index (χ1n) is 11.9. The van der Waals surface area contributed by atoms with Gasteiger partial charge in [-0.05, 0) is 67.9 Å². The van der Waals surface area contributed by atoms with Crippen molar-refractivity contribution in [1.29, 1.82) is 0 Å². The topological polar surface area (TPSA) is 90.3 Å². The van der Waals surface area contributed by atoms with Crippen LogP contribution in [0.25, 0.3) is 11.4 Å². The third-order valence-corrected chi connectivity index (χ3v) is 6.29. The Labute approximate surface area is 219 Å². The highest BCUT2D eigenvalue weighted by molar-refractivity contribution is 6.30. The SMILES string of the molecule is CCOc1ccc(C2C(C(=O)Nc3ccccc3)=C(C)Nc3nc(-c4ccc(Cl)cc4)nn32)cc1OC. The summed E-state index contributed by atoms with van der Waals surface area (Å²) in [4.78, 5) is 18.4. The molecule has 0 radical (unpaired) electrons. The third kappa shape index (κ3) is 4.88. The lowest BCUT2D eigenvalue weighted by molar-refractivity contribution is -0.113. The zero-order valence-electron chi connectivity index (χ0n) is 20.7. The summed E-state index contributed by atoms with van der Waals surface area (Å²) in [5.74, 6) is 1.98. The summed E-state index contributed by atoms with van der Waals surface area (Å²) >= 11 is 6.08. The standard InChI is InChI=1S/C28H26ClN5O3/c1-4-37-22-15-12-19(16-23(22)36-3)25-24(27(35)31-21-8-6-5-7-9-21)17(2)30-28-32-26(33-34(25)28)18-10-13-20(29)14-11-18/h5-16,25H,4H2,1-3H3,(H,31,35)(H,30,32,33). The van der Waals surface area contributed by atoms with Crippen molar-refractivity contribution in [2.24, 2.45) is 0 Å². The molecule has 2 heterocycles. The normalized spacial score (nSPS) is 14.5. The molecule has 0 aliphatic carbocycles. The zero-order valence-corrected chi connectivity index (χ0v) is 21.4. The Morgan fingerprint density at radius 1 is 1.08 bits per heavy atom. The molecule has 9 heteroatoms. The second-order valence-electron chi connectivity index (χ2n) is 8.44. The fourth-order valence-corrected chi connectivity index (χ4v) is 4.45. The average Bonchev–Trinajstić information content (AvgIpc) is 3.32. The predicted octanol–water partition coefficient (Wildman–Crippen LogP) is 5.93. The van der Waals surface area contributed by atoms with Crippen LogP contribution in [0.2, 0.25) is 5.02 Å². The number of carbonyl (C=O) groups is 1. The van der Waals surface area contributed by atoms with E-state index in [0.717, 1.165) is 11.1 Å². The summed E-state index contributed by atoms with van der Waals surface area (Å²) in [6.07, 6.45) is 0. The lowest BCUT2D eigenvalue weighted by Gasteiger charge is -2.29. The summed E-state index contributed by atoms with van der Waals surface area (Å²) in [6.45, 7) is 4.28. The van der Waals surface area contributed by atoms with Gasteiger partial charge < -0.3 is 20.1 Å². The van der Waals surface area contributed by atoms with Crippen LogP contribution in [0, 0.1) is 0 Å². The first-order chi connectivity index (χ1) is 18.0. The van der Waals surface area contributed by atoms with Crippen LogP contribution in [0.5, 0.6) is 11.5 Å². The summed E-state index contributed by atoms with van der Waals surface area (Å²) in [7, 11) is 1.59. The summed E-state index contributed by atoms with van der Waals surface area (Å²) < 4.78 is 13.0. The van der Waals surface area contributed by atoms with Gasteiger partial charge in [0.15, 0.2) is 17.3 Å². The van der Waals surface area contributed by atoms with E-state index in [9.17, 15) is 4.79 Å². The number of carbonyl (C=O) groups excluding carboxylic acids is 1.